The molecule has 0 heterocycles. The molecule has 0 atom stereocenters. The number of benzene rings is 2. The topological polar surface area (TPSA) is 40.5 Å². The zero-order chi connectivity index (χ0) is 14.5. The second kappa shape index (κ2) is 6.24. The van der Waals surface area contributed by atoms with Crippen LogP contribution in [0.2, 0.25) is 0 Å². The number of rotatable bonds is 4. The number of phenolic OH excluding ortho intramolecular Hbond substituents is 2. The molecule has 0 amide bonds. The Labute approximate surface area is 117 Å². The summed E-state index contributed by atoms with van der Waals surface area (Å²) in [5.74, 6) is -0.118. The highest BCUT2D eigenvalue weighted by atomic mass is 19.1. The summed E-state index contributed by atoms with van der Waals surface area (Å²) >= 11 is 0. The molecule has 0 saturated heterocycles. The first-order valence-electron chi connectivity index (χ1n) is 6.58. The van der Waals surface area contributed by atoms with Crippen LogP contribution < -0.4 is 0 Å². The molecule has 104 valence electrons. The van der Waals surface area contributed by atoms with Gasteiger partial charge in [-0.3, -0.25) is 0 Å². The first-order valence-corrected chi connectivity index (χ1v) is 6.58. The number of halogens is 1. The molecule has 20 heavy (non-hydrogen) atoms. The molecule has 2 N–H and O–H groups in total. The van der Waals surface area contributed by atoms with Gasteiger partial charge in [0, 0.05) is 5.56 Å². The molecule has 0 saturated carbocycles. The number of aromatic hydroxyl groups is 2. The molecule has 0 bridgehead atoms. The Morgan fingerprint density at radius 3 is 2.25 bits per heavy atom. The van der Waals surface area contributed by atoms with Crippen LogP contribution in [0.5, 0.6) is 11.5 Å². The van der Waals surface area contributed by atoms with Gasteiger partial charge >= 0.3 is 0 Å². The molecule has 0 aliphatic rings. The maximum Gasteiger partial charge on any atom is 0.123 e. The van der Waals surface area contributed by atoms with E-state index in [1.54, 1.807) is 36.4 Å². The van der Waals surface area contributed by atoms with Crippen molar-refractivity contribution in [3.05, 3.63) is 58.9 Å². The second-order valence-corrected chi connectivity index (χ2v) is 4.68. The van der Waals surface area contributed by atoms with Crippen LogP contribution in [-0.4, -0.2) is 10.2 Å². The van der Waals surface area contributed by atoms with E-state index < -0.39 is 0 Å². The molecule has 0 radical (unpaired) electrons. The van der Waals surface area contributed by atoms with Crippen LogP contribution in [0, 0.1) is 5.82 Å². The number of hydrogen-bond acceptors (Lipinski definition) is 2. The van der Waals surface area contributed by atoms with Gasteiger partial charge in [0.05, 0.1) is 0 Å². The van der Waals surface area contributed by atoms with Crippen molar-refractivity contribution < 1.29 is 14.6 Å². The van der Waals surface area contributed by atoms with Crippen molar-refractivity contribution >= 4 is 12.2 Å². The highest BCUT2D eigenvalue weighted by molar-refractivity contribution is 5.71. The Morgan fingerprint density at radius 1 is 1.00 bits per heavy atom. The maximum atomic E-state index is 13.0. The van der Waals surface area contributed by atoms with Gasteiger partial charge in [0.1, 0.15) is 17.3 Å². The van der Waals surface area contributed by atoms with Gasteiger partial charge in [0.2, 0.25) is 0 Å². The molecule has 2 rings (SSSR count). The van der Waals surface area contributed by atoms with Gasteiger partial charge in [-0.05, 0) is 41.8 Å². The lowest BCUT2D eigenvalue weighted by atomic mass is 10.0. The summed E-state index contributed by atoms with van der Waals surface area (Å²) in [6.45, 7) is 1.98. The minimum absolute atomic E-state index is 0.0887. The SMILES string of the molecule is CCCc1c(O)cc(C=Cc2cccc(F)c2)cc1O. The second-order valence-electron chi connectivity index (χ2n) is 4.68. The van der Waals surface area contributed by atoms with Crippen molar-refractivity contribution in [1.82, 2.24) is 0 Å². The molecule has 2 nitrogen and oxygen atoms in total. The van der Waals surface area contributed by atoms with Gasteiger partial charge in [0.15, 0.2) is 0 Å². The molecular formula is C17H17FO2. The Hall–Kier alpha value is -2.29. The lowest BCUT2D eigenvalue weighted by molar-refractivity contribution is 0.437. The summed E-state index contributed by atoms with van der Waals surface area (Å²) in [5, 5.41) is 19.8. The predicted molar refractivity (Wildman–Crippen MR) is 79.1 cm³/mol. The normalized spacial score (nSPS) is 11.1. The largest absolute Gasteiger partial charge is 0.508 e. The minimum atomic E-state index is -0.295. The van der Waals surface area contributed by atoms with E-state index in [4.69, 9.17) is 0 Å². The van der Waals surface area contributed by atoms with E-state index in [0.29, 0.717) is 17.5 Å². The van der Waals surface area contributed by atoms with Crippen LogP contribution in [0.1, 0.15) is 30.0 Å². The highest BCUT2D eigenvalue weighted by Gasteiger charge is 2.07. The van der Waals surface area contributed by atoms with E-state index in [-0.39, 0.29) is 17.3 Å². The van der Waals surface area contributed by atoms with Crippen molar-refractivity contribution in [2.45, 2.75) is 19.8 Å². The molecule has 0 aliphatic heterocycles. The standard InChI is InChI=1S/C17H17FO2/c1-2-4-15-16(19)10-13(11-17(15)20)8-7-12-5-3-6-14(18)9-12/h3,5-11,19-20H,2,4H2,1H3. The molecule has 0 aliphatic carbocycles. The number of phenols is 2. The fourth-order valence-corrected chi connectivity index (χ4v) is 2.07. The van der Waals surface area contributed by atoms with E-state index in [1.807, 2.05) is 6.92 Å². The molecular weight excluding hydrogens is 255 g/mol. The van der Waals surface area contributed by atoms with Crippen molar-refractivity contribution in [2.75, 3.05) is 0 Å². The lowest BCUT2D eigenvalue weighted by Crippen LogP contribution is -1.87. The smallest absolute Gasteiger partial charge is 0.123 e. The van der Waals surface area contributed by atoms with E-state index in [2.05, 4.69) is 0 Å². The van der Waals surface area contributed by atoms with Crippen molar-refractivity contribution in [2.24, 2.45) is 0 Å². The van der Waals surface area contributed by atoms with Gasteiger partial charge in [0.25, 0.3) is 0 Å². The van der Waals surface area contributed by atoms with Crippen LogP contribution in [0.25, 0.3) is 12.2 Å². The summed E-state index contributed by atoms with van der Waals surface area (Å²) in [6.07, 6.45) is 4.94. The highest BCUT2D eigenvalue weighted by Crippen LogP contribution is 2.30. The summed E-state index contributed by atoms with van der Waals surface area (Å²) < 4.78 is 13.0. The molecule has 0 aromatic heterocycles. The maximum absolute atomic E-state index is 13.0. The van der Waals surface area contributed by atoms with E-state index in [1.165, 1.54) is 12.1 Å². The average Bonchev–Trinajstić information content (AvgIpc) is 2.41. The number of hydrogen-bond donors (Lipinski definition) is 2. The van der Waals surface area contributed by atoms with Gasteiger partial charge < -0.3 is 10.2 Å². The van der Waals surface area contributed by atoms with E-state index in [9.17, 15) is 14.6 Å². The Balaban J connectivity index is 2.26. The predicted octanol–water partition coefficient (Wildman–Crippen LogP) is 4.36. The van der Waals surface area contributed by atoms with E-state index >= 15 is 0 Å². The van der Waals surface area contributed by atoms with Crippen LogP contribution in [0.3, 0.4) is 0 Å². The zero-order valence-corrected chi connectivity index (χ0v) is 11.3. The Morgan fingerprint density at radius 2 is 1.65 bits per heavy atom. The summed E-state index contributed by atoms with van der Waals surface area (Å²) in [7, 11) is 0. The van der Waals surface area contributed by atoms with Crippen LogP contribution in [-0.2, 0) is 6.42 Å². The fourth-order valence-electron chi connectivity index (χ4n) is 2.07. The van der Waals surface area contributed by atoms with Crippen LogP contribution >= 0.6 is 0 Å². The molecule has 2 aromatic rings. The third-order valence-corrected chi connectivity index (χ3v) is 3.04. The molecule has 2 aromatic carbocycles. The van der Waals surface area contributed by atoms with Crippen molar-refractivity contribution in [1.29, 1.82) is 0 Å². The van der Waals surface area contributed by atoms with Gasteiger partial charge in [-0.25, -0.2) is 4.39 Å². The van der Waals surface area contributed by atoms with Crippen molar-refractivity contribution in [3.8, 4) is 11.5 Å². The van der Waals surface area contributed by atoms with E-state index in [0.717, 1.165) is 12.0 Å². The first-order chi connectivity index (χ1) is 9.60. The third-order valence-electron chi connectivity index (χ3n) is 3.04. The molecule has 0 spiro atoms. The Kier molecular flexibility index (Phi) is 4.41. The average molecular weight is 272 g/mol. The molecule has 3 heteroatoms. The third kappa shape index (κ3) is 3.38. The molecule has 0 unspecified atom stereocenters. The summed E-state index contributed by atoms with van der Waals surface area (Å²) in [6, 6.07) is 9.41. The zero-order valence-electron chi connectivity index (χ0n) is 11.3. The lowest BCUT2D eigenvalue weighted by Gasteiger charge is -2.07. The fraction of sp³-hybridized carbons (Fsp3) is 0.176. The Bertz CT molecular complexity index is 610. The minimum Gasteiger partial charge on any atom is -0.508 e. The summed E-state index contributed by atoms with van der Waals surface area (Å²) in [4.78, 5) is 0. The van der Waals surface area contributed by atoms with Crippen molar-refractivity contribution in [3.63, 3.8) is 0 Å². The van der Waals surface area contributed by atoms with Crippen LogP contribution in [0.15, 0.2) is 36.4 Å². The van der Waals surface area contributed by atoms with Gasteiger partial charge in [-0.15, -0.1) is 0 Å². The molecule has 0 fully saturated rings. The summed E-state index contributed by atoms with van der Waals surface area (Å²) in [5.41, 5.74) is 1.96. The van der Waals surface area contributed by atoms with Gasteiger partial charge in [-0.2, -0.15) is 0 Å². The first kappa shape index (κ1) is 14.1. The van der Waals surface area contributed by atoms with Crippen LogP contribution in [0.4, 0.5) is 4.39 Å². The monoisotopic (exact) mass is 272 g/mol. The quantitative estimate of drug-likeness (QED) is 0.812. The van der Waals surface area contributed by atoms with Gasteiger partial charge in [-0.1, -0.05) is 37.6 Å².